The lowest BCUT2D eigenvalue weighted by Gasteiger charge is -2.16. The van der Waals surface area contributed by atoms with E-state index in [0.717, 1.165) is 17.9 Å². The van der Waals surface area contributed by atoms with Crippen LogP contribution in [0.25, 0.3) is 0 Å². The van der Waals surface area contributed by atoms with E-state index in [2.05, 4.69) is 28.6 Å². The van der Waals surface area contributed by atoms with E-state index >= 15 is 0 Å². The highest BCUT2D eigenvalue weighted by molar-refractivity contribution is 5.29. The lowest BCUT2D eigenvalue weighted by molar-refractivity contribution is 0.340. The first-order chi connectivity index (χ1) is 9.22. The molecule has 0 fully saturated rings. The lowest BCUT2D eigenvalue weighted by atomic mass is 10.0. The van der Waals surface area contributed by atoms with Crippen LogP contribution in [0, 0.1) is 0 Å². The molecule has 2 rings (SSSR count). The van der Waals surface area contributed by atoms with Gasteiger partial charge in [-0.3, -0.25) is 4.68 Å². The molecule has 1 aromatic carbocycles. The number of aryl methyl sites for hydroxylation is 1. The van der Waals surface area contributed by atoms with Crippen molar-refractivity contribution < 1.29 is 4.74 Å². The van der Waals surface area contributed by atoms with Crippen LogP contribution in [0.1, 0.15) is 24.2 Å². The molecule has 1 atom stereocenters. The molecule has 1 unspecified atom stereocenters. The van der Waals surface area contributed by atoms with Crippen molar-refractivity contribution in [1.82, 2.24) is 15.1 Å². The smallest absolute Gasteiger partial charge is 0.119 e. The van der Waals surface area contributed by atoms with Crippen LogP contribution < -0.4 is 10.1 Å². The van der Waals surface area contributed by atoms with Gasteiger partial charge < -0.3 is 10.1 Å². The topological polar surface area (TPSA) is 39.1 Å². The summed E-state index contributed by atoms with van der Waals surface area (Å²) in [6.45, 7) is 2.69. The van der Waals surface area contributed by atoms with Crippen LogP contribution in [0.4, 0.5) is 0 Å². The molecule has 1 aromatic heterocycles. The summed E-state index contributed by atoms with van der Waals surface area (Å²) in [7, 11) is 3.92. The number of nitrogens with zero attached hydrogens (tertiary/aromatic N) is 2. The maximum atomic E-state index is 5.46. The summed E-state index contributed by atoms with van der Waals surface area (Å²) in [4.78, 5) is 0. The zero-order valence-corrected chi connectivity index (χ0v) is 11.8. The summed E-state index contributed by atoms with van der Waals surface area (Å²) in [5.41, 5.74) is 2.34. The number of likely N-dealkylation sites (N-methyl/N-ethyl adjacent to an activating group) is 1. The third-order valence-electron chi connectivity index (χ3n) is 3.12. The van der Waals surface area contributed by atoms with E-state index in [1.165, 1.54) is 5.56 Å². The minimum absolute atomic E-state index is 0.269. The summed E-state index contributed by atoms with van der Waals surface area (Å²) >= 11 is 0. The fraction of sp³-hybridized carbons (Fsp3) is 0.400. The Bertz CT molecular complexity index is 504. The van der Waals surface area contributed by atoms with Gasteiger partial charge in [0.1, 0.15) is 5.75 Å². The molecular formula is C15H21N3O. The van der Waals surface area contributed by atoms with Crippen molar-refractivity contribution in [3.8, 4) is 5.75 Å². The number of hydrogen-bond donors (Lipinski definition) is 1. The van der Waals surface area contributed by atoms with Gasteiger partial charge in [-0.25, -0.2) is 0 Å². The van der Waals surface area contributed by atoms with Crippen LogP contribution in [0.5, 0.6) is 5.75 Å². The first-order valence-corrected chi connectivity index (χ1v) is 6.61. The molecule has 102 valence electrons. The summed E-state index contributed by atoms with van der Waals surface area (Å²) in [5.74, 6) is 0.916. The fourth-order valence-electron chi connectivity index (χ4n) is 2.13. The molecule has 0 saturated heterocycles. The molecule has 4 nitrogen and oxygen atoms in total. The van der Waals surface area contributed by atoms with Gasteiger partial charge in [0.2, 0.25) is 0 Å². The maximum absolute atomic E-state index is 5.46. The molecule has 0 bridgehead atoms. The highest BCUT2D eigenvalue weighted by atomic mass is 16.5. The number of benzene rings is 1. The van der Waals surface area contributed by atoms with Crippen LogP contribution in [0.15, 0.2) is 36.5 Å². The molecule has 4 heteroatoms. The second-order valence-corrected chi connectivity index (χ2v) is 4.53. The van der Waals surface area contributed by atoms with Gasteiger partial charge in [0.05, 0.1) is 12.3 Å². The van der Waals surface area contributed by atoms with E-state index in [1.54, 1.807) is 0 Å². The SMILES string of the molecule is CCOc1ccc(C(Cc2ccn(C)n2)NC)cc1. The minimum atomic E-state index is 0.269. The highest BCUT2D eigenvalue weighted by Crippen LogP contribution is 2.20. The van der Waals surface area contributed by atoms with Crippen molar-refractivity contribution in [2.24, 2.45) is 7.05 Å². The van der Waals surface area contributed by atoms with E-state index in [4.69, 9.17) is 4.74 Å². The Morgan fingerprint density at radius 1 is 1.26 bits per heavy atom. The van der Waals surface area contributed by atoms with Crippen molar-refractivity contribution in [2.75, 3.05) is 13.7 Å². The van der Waals surface area contributed by atoms with E-state index in [-0.39, 0.29) is 6.04 Å². The number of aromatic nitrogens is 2. The van der Waals surface area contributed by atoms with Crippen LogP contribution in [-0.4, -0.2) is 23.4 Å². The third-order valence-corrected chi connectivity index (χ3v) is 3.12. The van der Waals surface area contributed by atoms with Gasteiger partial charge >= 0.3 is 0 Å². The average Bonchev–Trinajstić information content (AvgIpc) is 2.83. The normalized spacial score (nSPS) is 12.4. The molecule has 0 aliphatic rings. The maximum Gasteiger partial charge on any atom is 0.119 e. The summed E-state index contributed by atoms with van der Waals surface area (Å²) in [6.07, 6.45) is 2.85. The largest absolute Gasteiger partial charge is 0.494 e. The Balaban J connectivity index is 2.08. The Morgan fingerprint density at radius 2 is 2.00 bits per heavy atom. The predicted molar refractivity (Wildman–Crippen MR) is 76.3 cm³/mol. The van der Waals surface area contributed by atoms with Crippen molar-refractivity contribution in [3.05, 3.63) is 47.8 Å². The van der Waals surface area contributed by atoms with Gasteiger partial charge in [-0.2, -0.15) is 5.10 Å². The van der Waals surface area contributed by atoms with Crippen molar-refractivity contribution >= 4 is 0 Å². The Hall–Kier alpha value is -1.81. The van der Waals surface area contributed by atoms with E-state index in [1.807, 2.05) is 44.0 Å². The number of rotatable bonds is 6. The Kier molecular flexibility index (Phi) is 4.58. The van der Waals surface area contributed by atoms with E-state index in [0.29, 0.717) is 6.61 Å². The molecule has 0 radical (unpaired) electrons. The second-order valence-electron chi connectivity index (χ2n) is 4.53. The first kappa shape index (κ1) is 13.6. The molecule has 0 aliphatic heterocycles. The van der Waals surface area contributed by atoms with Crippen molar-refractivity contribution in [2.45, 2.75) is 19.4 Å². The van der Waals surface area contributed by atoms with Crippen LogP contribution >= 0.6 is 0 Å². The summed E-state index contributed by atoms with van der Waals surface area (Å²) in [6, 6.07) is 10.6. The molecule has 2 aromatic rings. The van der Waals surface area contributed by atoms with Crippen LogP contribution in [-0.2, 0) is 13.5 Å². The second kappa shape index (κ2) is 6.38. The molecule has 1 heterocycles. The molecule has 0 aliphatic carbocycles. The predicted octanol–water partition coefficient (Wildman–Crippen LogP) is 2.32. The van der Waals surface area contributed by atoms with Gasteiger partial charge in [-0.15, -0.1) is 0 Å². The fourth-order valence-corrected chi connectivity index (χ4v) is 2.13. The number of hydrogen-bond acceptors (Lipinski definition) is 3. The van der Waals surface area contributed by atoms with E-state index in [9.17, 15) is 0 Å². The van der Waals surface area contributed by atoms with Gasteiger partial charge in [-0.05, 0) is 37.7 Å². The Labute approximate surface area is 114 Å². The Morgan fingerprint density at radius 3 is 2.53 bits per heavy atom. The molecule has 1 N–H and O–H groups in total. The van der Waals surface area contributed by atoms with Crippen LogP contribution in [0.3, 0.4) is 0 Å². The zero-order valence-electron chi connectivity index (χ0n) is 11.8. The third kappa shape index (κ3) is 3.58. The summed E-state index contributed by atoms with van der Waals surface area (Å²) in [5, 5.41) is 7.76. The molecule has 0 saturated carbocycles. The minimum Gasteiger partial charge on any atom is -0.494 e. The van der Waals surface area contributed by atoms with Gasteiger partial charge in [0.15, 0.2) is 0 Å². The quantitative estimate of drug-likeness (QED) is 0.865. The van der Waals surface area contributed by atoms with Gasteiger partial charge in [0.25, 0.3) is 0 Å². The molecule has 0 spiro atoms. The monoisotopic (exact) mass is 259 g/mol. The first-order valence-electron chi connectivity index (χ1n) is 6.61. The standard InChI is InChI=1S/C15H21N3O/c1-4-19-14-7-5-12(6-8-14)15(16-2)11-13-9-10-18(3)17-13/h5-10,15-16H,4,11H2,1-3H3. The zero-order chi connectivity index (χ0) is 13.7. The molecule has 0 amide bonds. The van der Waals surface area contributed by atoms with Gasteiger partial charge in [0, 0.05) is 25.7 Å². The van der Waals surface area contributed by atoms with Crippen molar-refractivity contribution in [1.29, 1.82) is 0 Å². The molecular weight excluding hydrogens is 238 g/mol. The molecule has 19 heavy (non-hydrogen) atoms. The van der Waals surface area contributed by atoms with E-state index < -0.39 is 0 Å². The highest BCUT2D eigenvalue weighted by Gasteiger charge is 2.11. The number of nitrogens with one attached hydrogen (secondary N) is 1. The lowest BCUT2D eigenvalue weighted by Crippen LogP contribution is -2.19. The van der Waals surface area contributed by atoms with Crippen LogP contribution in [0.2, 0.25) is 0 Å². The average molecular weight is 259 g/mol. The van der Waals surface area contributed by atoms with Crippen molar-refractivity contribution in [3.63, 3.8) is 0 Å². The van der Waals surface area contributed by atoms with Gasteiger partial charge in [-0.1, -0.05) is 12.1 Å². The number of ether oxygens (including phenoxy) is 1. The summed E-state index contributed by atoms with van der Waals surface area (Å²) < 4.78 is 7.29.